The number of carbonyl (C=O) groups excluding carboxylic acids is 1. The number of hydrogen-bond donors (Lipinski definition) is 0. The number of nitrogens with zero attached hydrogens (tertiary/aromatic N) is 1. The summed E-state index contributed by atoms with van der Waals surface area (Å²) in [5, 5.41) is 2.22. The molecule has 0 N–H and O–H groups in total. The van der Waals surface area contributed by atoms with E-state index in [0.717, 1.165) is 0 Å². The van der Waals surface area contributed by atoms with Gasteiger partial charge in [-0.25, -0.2) is 0 Å². The van der Waals surface area contributed by atoms with E-state index in [9.17, 15) is 9.70 Å². The highest BCUT2D eigenvalue weighted by atomic mass is 16.5. The smallest absolute Gasteiger partial charge is 0.319 e. The van der Waals surface area contributed by atoms with Crippen LogP contribution in [-0.4, -0.2) is 12.5 Å². The van der Waals surface area contributed by atoms with Gasteiger partial charge in [-0.05, 0) is 12.2 Å². The fraction of sp³-hybridized carbons (Fsp3) is 0.167. The summed E-state index contributed by atoms with van der Waals surface area (Å²) in [5.41, 5.74) is 0.196. The zero-order chi connectivity index (χ0) is 7.40. The van der Waals surface area contributed by atoms with E-state index in [2.05, 4.69) is 5.18 Å². The van der Waals surface area contributed by atoms with Crippen LogP contribution in [0.5, 0.6) is 0 Å². The van der Waals surface area contributed by atoms with E-state index < -0.39 is 5.91 Å². The second-order valence-electron chi connectivity index (χ2n) is 1.71. The molecule has 0 aromatic heterocycles. The van der Waals surface area contributed by atoms with Gasteiger partial charge in [-0.3, -0.25) is 4.79 Å². The number of hydrogen-bond acceptors (Lipinski definition) is 3. The largest absolute Gasteiger partial charge is 0.496 e. The molecule has 0 atom stereocenters. The monoisotopic (exact) mass is 139 g/mol. The van der Waals surface area contributed by atoms with Crippen LogP contribution in [0.15, 0.2) is 29.2 Å². The lowest BCUT2D eigenvalue weighted by Crippen LogP contribution is -2.00. The van der Waals surface area contributed by atoms with Crippen LogP contribution in [0.3, 0.4) is 0 Å². The van der Waals surface area contributed by atoms with Gasteiger partial charge in [0.05, 0.1) is 11.8 Å². The predicted molar refractivity (Wildman–Crippen MR) is 34.0 cm³/mol. The van der Waals surface area contributed by atoms with Gasteiger partial charge in [-0.15, -0.1) is 4.91 Å². The Bertz CT molecular complexity index is 217. The average molecular weight is 139 g/mol. The van der Waals surface area contributed by atoms with Crippen molar-refractivity contribution in [1.29, 1.82) is 0 Å². The van der Waals surface area contributed by atoms with E-state index in [1.54, 1.807) is 6.08 Å². The first-order valence-corrected chi connectivity index (χ1v) is 2.70. The Balaban J connectivity index is 2.72. The lowest BCUT2D eigenvalue weighted by Gasteiger charge is -2.01. The number of ether oxygens (including phenoxy) is 1. The van der Waals surface area contributed by atoms with Crippen LogP contribution < -0.4 is 0 Å². The maximum absolute atomic E-state index is 10.5. The quantitative estimate of drug-likeness (QED) is 0.503. The van der Waals surface area contributed by atoms with Crippen molar-refractivity contribution in [2.75, 3.05) is 6.61 Å². The molecule has 0 saturated carbocycles. The molecule has 4 heteroatoms. The molecule has 0 bridgehead atoms. The van der Waals surface area contributed by atoms with Crippen LogP contribution >= 0.6 is 0 Å². The van der Waals surface area contributed by atoms with Crippen molar-refractivity contribution in [2.45, 2.75) is 0 Å². The van der Waals surface area contributed by atoms with E-state index in [-0.39, 0.29) is 5.57 Å². The minimum Gasteiger partial charge on any atom is -0.496 e. The number of amides is 1. The topological polar surface area (TPSA) is 55.7 Å². The van der Waals surface area contributed by atoms with Crippen molar-refractivity contribution >= 4 is 5.91 Å². The maximum Gasteiger partial charge on any atom is 0.319 e. The Morgan fingerprint density at radius 3 is 3.00 bits per heavy atom. The van der Waals surface area contributed by atoms with E-state index >= 15 is 0 Å². The second kappa shape index (κ2) is 2.91. The van der Waals surface area contributed by atoms with Gasteiger partial charge in [0.25, 0.3) is 0 Å². The zero-order valence-electron chi connectivity index (χ0n) is 5.11. The average Bonchev–Trinajstić information content (AvgIpc) is 2.05. The van der Waals surface area contributed by atoms with Crippen molar-refractivity contribution in [2.24, 2.45) is 5.18 Å². The van der Waals surface area contributed by atoms with Crippen LogP contribution in [0.2, 0.25) is 0 Å². The van der Waals surface area contributed by atoms with Gasteiger partial charge >= 0.3 is 5.91 Å². The van der Waals surface area contributed by atoms with Gasteiger partial charge in [-0.1, -0.05) is 0 Å². The third-order valence-electron chi connectivity index (χ3n) is 1.03. The highest BCUT2D eigenvalue weighted by Crippen LogP contribution is 2.04. The minimum atomic E-state index is -0.795. The first-order chi connectivity index (χ1) is 4.84. The molecule has 10 heavy (non-hydrogen) atoms. The van der Waals surface area contributed by atoms with Gasteiger partial charge in [0.1, 0.15) is 6.61 Å². The normalized spacial score (nSPS) is 15.4. The number of nitroso groups, excluding NO2 is 1. The molecule has 52 valence electrons. The van der Waals surface area contributed by atoms with Gasteiger partial charge in [-0.2, -0.15) is 0 Å². The van der Waals surface area contributed by atoms with E-state index in [4.69, 9.17) is 4.74 Å². The summed E-state index contributed by atoms with van der Waals surface area (Å²) >= 11 is 0. The Morgan fingerprint density at radius 1 is 1.70 bits per heavy atom. The van der Waals surface area contributed by atoms with Crippen molar-refractivity contribution in [3.05, 3.63) is 28.9 Å². The predicted octanol–water partition coefficient (Wildman–Crippen LogP) is 0.750. The van der Waals surface area contributed by atoms with Gasteiger partial charge in [0.2, 0.25) is 0 Å². The third-order valence-corrected chi connectivity index (χ3v) is 1.03. The molecule has 0 unspecified atom stereocenters. The summed E-state index contributed by atoms with van der Waals surface area (Å²) in [6.07, 6.45) is 4.37. The summed E-state index contributed by atoms with van der Waals surface area (Å²) in [5.74, 6) is -0.795. The van der Waals surface area contributed by atoms with E-state index in [1.807, 2.05) is 0 Å². The Labute approximate surface area is 57.1 Å². The Kier molecular flexibility index (Phi) is 1.94. The fourth-order valence-electron chi connectivity index (χ4n) is 0.582. The van der Waals surface area contributed by atoms with Crippen molar-refractivity contribution in [1.82, 2.24) is 0 Å². The van der Waals surface area contributed by atoms with Crippen LogP contribution in [0.4, 0.5) is 0 Å². The Hall–Kier alpha value is -1.45. The molecule has 4 nitrogen and oxygen atoms in total. The van der Waals surface area contributed by atoms with Crippen LogP contribution in [0.1, 0.15) is 0 Å². The molecule has 0 aromatic rings. The number of carbonyl (C=O) groups is 1. The Morgan fingerprint density at radius 2 is 2.50 bits per heavy atom. The summed E-state index contributed by atoms with van der Waals surface area (Å²) in [6.45, 7) is 0.440. The third kappa shape index (κ3) is 1.28. The lowest BCUT2D eigenvalue weighted by molar-refractivity contribution is -0.114. The first kappa shape index (κ1) is 6.67. The minimum absolute atomic E-state index is 0.196. The molecule has 0 spiro atoms. The van der Waals surface area contributed by atoms with Crippen LogP contribution in [0, 0.1) is 4.91 Å². The molecule has 0 aliphatic carbocycles. The zero-order valence-corrected chi connectivity index (χ0v) is 5.11. The van der Waals surface area contributed by atoms with Crippen molar-refractivity contribution in [3.8, 4) is 0 Å². The molecular weight excluding hydrogens is 134 g/mol. The molecule has 1 rings (SSSR count). The summed E-state index contributed by atoms with van der Waals surface area (Å²) in [6, 6.07) is 0. The fourth-order valence-corrected chi connectivity index (χ4v) is 0.582. The molecule has 1 aliphatic rings. The molecule has 1 amide bonds. The van der Waals surface area contributed by atoms with Gasteiger partial charge < -0.3 is 4.74 Å². The SMILES string of the molecule is O=NC(=O)C1=COCC=C1. The standard InChI is InChI=1S/C6H5NO3/c8-6(7-9)5-2-1-3-10-4-5/h1-2,4H,3H2. The first-order valence-electron chi connectivity index (χ1n) is 2.70. The second-order valence-corrected chi connectivity index (χ2v) is 1.71. The van der Waals surface area contributed by atoms with Gasteiger partial charge in [0, 0.05) is 5.18 Å². The van der Waals surface area contributed by atoms with Crippen molar-refractivity contribution < 1.29 is 9.53 Å². The van der Waals surface area contributed by atoms with Crippen LogP contribution in [-0.2, 0) is 9.53 Å². The lowest BCUT2D eigenvalue weighted by atomic mass is 10.2. The molecular formula is C6H5NO3. The van der Waals surface area contributed by atoms with E-state index in [0.29, 0.717) is 6.61 Å². The van der Waals surface area contributed by atoms with E-state index in [1.165, 1.54) is 12.3 Å². The van der Waals surface area contributed by atoms with Gasteiger partial charge in [0.15, 0.2) is 0 Å². The summed E-state index contributed by atoms with van der Waals surface area (Å²) in [7, 11) is 0. The molecule has 1 heterocycles. The number of rotatable bonds is 1. The van der Waals surface area contributed by atoms with Crippen molar-refractivity contribution in [3.63, 3.8) is 0 Å². The summed E-state index contributed by atoms with van der Waals surface area (Å²) < 4.78 is 4.74. The van der Waals surface area contributed by atoms with Crippen LogP contribution in [0.25, 0.3) is 0 Å². The highest BCUT2D eigenvalue weighted by Gasteiger charge is 2.07. The molecule has 0 radical (unpaired) electrons. The summed E-state index contributed by atoms with van der Waals surface area (Å²) in [4.78, 5) is 20.2. The molecule has 0 fully saturated rings. The highest BCUT2D eigenvalue weighted by molar-refractivity contribution is 5.96. The maximum atomic E-state index is 10.5. The molecule has 0 saturated heterocycles. The molecule has 1 aliphatic heterocycles. The molecule has 0 aromatic carbocycles.